The Morgan fingerprint density at radius 2 is 1.95 bits per heavy atom. The van der Waals surface area contributed by atoms with E-state index in [-0.39, 0.29) is 0 Å². The lowest BCUT2D eigenvalue weighted by molar-refractivity contribution is 0.370. The minimum Gasteiger partial charge on any atom is -0.481 e. The fourth-order valence-electron chi connectivity index (χ4n) is 1.93. The van der Waals surface area contributed by atoms with E-state index in [0.717, 1.165) is 23.5 Å². The molecule has 0 aliphatic rings. The maximum atomic E-state index is 5.42. The largest absolute Gasteiger partial charge is 0.481 e. The second kappa shape index (κ2) is 6.68. The second-order valence-electron chi connectivity index (χ2n) is 4.79. The zero-order chi connectivity index (χ0) is 14.4. The summed E-state index contributed by atoms with van der Waals surface area (Å²) in [6.07, 6.45) is 5.19. The average Bonchev–Trinajstić information content (AvgIpc) is 2.47. The molecule has 0 bridgehead atoms. The van der Waals surface area contributed by atoms with E-state index in [1.54, 1.807) is 0 Å². The van der Waals surface area contributed by atoms with Gasteiger partial charge in [-0.15, -0.1) is 6.42 Å². The summed E-state index contributed by atoms with van der Waals surface area (Å²) < 4.78 is 5.42. The molecule has 0 saturated carbocycles. The molecule has 0 saturated heterocycles. The molecular formula is C18H19NO. The molecule has 0 aliphatic heterocycles. The summed E-state index contributed by atoms with van der Waals surface area (Å²) >= 11 is 0. The van der Waals surface area contributed by atoms with Crippen LogP contribution < -0.4 is 10.1 Å². The van der Waals surface area contributed by atoms with Crippen molar-refractivity contribution >= 4 is 5.69 Å². The van der Waals surface area contributed by atoms with E-state index >= 15 is 0 Å². The molecule has 0 amide bonds. The highest BCUT2D eigenvalue weighted by Crippen LogP contribution is 2.17. The van der Waals surface area contributed by atoms with Crippen LogP contribution in [0.1, 0.15) is 16.7 Å². The lowest BCUT2D eigenvalue weighted by atomic mass is 10.1. The number of hydrogen-bond donors (Lipinski definition) is 1. The molecule has 102 valence electrons. The number of benzene rings is 2. The molecule has 2 aromatic carbocycles. The third-order valence-corrected chi connectivity index (χ3v) is 3.22. The Morgan fingerprint density at radius 1 is 1.10 bits per heavy atom. The third kappa shape index (κ3) is 3.80. The summed E-state index contributed by atoms with van der Waals surface area (Å²) in [5, 5.41) is 3.42. The first-order valence-electron chi connectivity index (χ1n) is 6.65. The zero-order valence-electron chi connectivity index (χ0n) is 11.9. The summed E-state index contributed by atoms with van der Waals surface area (Å²) in [6.45, 7) is 5.30. The molecule has 0 fully saturated rings. The topological polar surface area (TPSA) is 21.3 Å². The first kappa shape index (κ1) is 14.0. The van der Waals surface area contributed by atoms with Crippen LogP contribution in [0.15, 0.2) is 42.5 Å². The Morgan fingerprint density at radius 3 is 2.70 bits per heavy atom. The Bertz CT molecular complexity index is 626. The van der Waals surface area contributed by atoms with Crippen molar-refractivity contribution in [1.82, 2.24) is 0 Å². The highest BCUT2D eigenvalue weighted by molar-refractivity contribution is 5.48. The summed E-state index contributed by atoms with van der Waals surface area (Å²) in [7, 11) is 0. The van der Waals surface area contributed by atoms with Crippen LogP contribution in [0.5, 0.6) is 5.75 Å². The quantitative estimate of drug-likeness (QED) is 0.827. The van der Waals surface area contributed by atoms with E-state index in [4.69, 9.17) is 11.2 Å². The van der Waals surface area contributed by atoms with Crippen LogP contribution in [0.3, 0.4) is 0 Å². The van der Waals surface area contributed by atoms with Gasteiger partial charge in [0.2, 0.25) is 0 Å². The molecule has 2 aromatic rings. The van der Waals surface area contributed by atoms with Crippen LogP contribution in [0, 0.1) is 26.2 Å². The van der Waals surface area contributed by atoms with Crippen molar-refractivity contribution in [3.05, 3.63) is 59.2 Å². The van der Waals surface area contributed by atoms with Gasteiger partial charge < -0.3 is 10.1 Å². The van der Waals surface area contributed by atoms with Gasteiger partial charge >= 0.3 is 0 Å². The van der Waals surface area contributed by atoms with Crippen LogP contribution in [-0.4, -0.2) is 6.61 Å². The molecule has 20 heavy (non-hydrogen) atoms. The zero-order valence-corrected chi connectivity index (χ0v) is 11.9. The van der Waals surface area contributed by atoms with Gasteiger partial charge in [-0.2, -0.15) is 0 Å². The smallest absolute Gasteiger partial charge is 0.148 e. The van der Waals surface area contributed by atoms with Crippen LogP contribution in [-0.2, 0) is 6.54 Å². The van der Waals surface area contributed by atoms with Crippen LogP contribution in [0.25, 0.3) is 0 Å². The van der Waals surface area contributed by atoms with E-state index in [1.807, 2.05) is 18.2 Å². The van der Waals surface area contributed by atoms with Gasteiger partial charge in [0, 0.05) is 12.2 Å². The lowest BCUT2D eigenvalue weighted by Gasteiger charge is -2.10. The monoisotopic (exact) mass is 265 g/mol. The van der Waals surface area contributed by atoms with Crippen molar-refractivity contribution in [1.29, 1.82) is 0 Å². The summed E-state index contributed by atoms with van der Waals surface area (Å²) in [6, 6.07) is 14.3. The van der Waals surface area contributed by atoms with Crippen molar-refractivity contribution in [2.45, 2.75) is 20.4 Å². The molecule has 2 rings (SSSR count). The number of rotatable bonds is 5. The summed E-state index contributed by atoms with van der Waals surface area (Å²) in [4.78, 5) is 0. The van der Waals surface area contributed by atoms with Crippen LogP contribution in [0.2, 0.25) is 0 Å². The number of ether oxygens (including phenoxy) is 1. The van der Waals surface area contributed by atoms with Gasteiger partial charge in [0.05, 0.1) is 0 Å². The molecule has 0 aliphatic carbocycles. The molecule has 0 unspecified atom stereocenters. The lowest BCUT2D eigenvalue weighted by Crippen LogP contribution is -2.01. The molecule has 0 aromatic heterocycles. The molecule has 0 radical (unpaired) electrons. The summed E-state index contributed by atoms with van der Waals surface area (Å²) in [5.74, 6) is 3.27. The SMILES string of the molecule is C#CCOc1cccc(CNc2ccc(C)c(C)c2)c1. The van der Waals surface area contributed by atoms with Gasteiger partial charge in [-0.3, -0.25) is 0 Å². The second-order valence-corrected chi connectivity index (χ2v) is 4.79. The maximum Gasteiger partial charge on any atom is 0.148 e. The van der Waals surface area contributed by atoms with E-state index in [2.05, 4.69) is 49.4 Å². The van der Waals surface area contributed by atoms with Crippen LogP contribution in [0.4, 0.5) is 5.69 Å². The van der Waals surface area contributed by atoms with Gasteiger partial charge in [-0.1, -0.05) is 24.1 Å². The molecule has 0 spiro atoms. The Kier molecular flexibility index (Phi) is 4.68. The van der Waals surface area contributed by atoms with Crippen molar-refractivity contribution < 1.29 is 4.74 Å². The Balaban J connectivity index is 1.99. The molecule has 2 heteroatoms. The molecule has 0 atom stereocenters. The molecule has 2 nitrogen and oxygen atoms in total. The van der Waals surface area contributed by atoms with E-state index in [9.17, 15) is 0 Å². The highest BCUT2D eigenvalue weighted by Gasteiger charge is 1.99. The normalized spacial score (nSPS) is 9.85. The number of hydrogen-bond acceptors (Lipinski definition) is 2. The minimum atomic E-state index is 0.300. The van der Waals surface area contributed by atoms with Gasteiger partial charge in [0.25, 0.3) is 0 Å². The average molecular weight is 265 g/mol. The Labute approximate surface area is 120 Å². The van der Waals surface area contributed by atoms with Gasteiger partial charge in [-0.05, 0) is 54.8 Å². The molecule has 1 N–H and O–H groups in total. The number of nitrogens with one attached hydrogen (secondary N) is 1. The van der Waals surface area contributed by atoms with Crippen molar-refractivity contribution in [2.24, 2.45) is 0 Å². The van der Waals surface area contributed by atoms with Crippen LogP contribution >= 0.6 is 0 Å². The highest BCUT2D eigenvalue weighted by atomic mass is 16.5. The van der Waals surface area contributed by atoms with Crippen molar-refractivity contribution in [3.8, 4) is 18.1 Å². The van der Waals surface area contributed by atoms with E-state index < -0.39 is 0 Å². The van der Waals surface area contributed by atoms with E-state index in [0.29, 0.717) is 6.61 Å². The van der Waals surface area contributed by atoms with Gasteiger partial charge in [0.15, 0.2) is 0 Å². The van der Waals surface area contributed by atoms with Gasteiger partial charge in [-0.25, -0.2) is 0 Å². The predicted molar refractivity (Wildman–Crippen MR) is 84.0 cm³/mol. The number of anilines is 1. The first-order valence-corrected chi connectivity index (χ1v) is 6.65. The molecular weight excluding hydrogens is 246 g/mol. The van der Waals surface area contributed by atoms with Crippen molar-refractivity contribution in [2.75, 3.05) is 11.9 Å². The Hall–Kier alpha value is -2.40. The minimum absolute atomic E-state index is 0.300. The third-order valence-electron chi connectivity index (χ3n) is 3.22. The van der Waals surface area contributed by atoms with Gasteiger partial charge in [0.1, 0.15) is 12.4 Å². The standard InChI is InChI=1S/C18H19NO/c1-4-10-20-18-7-5-6-16(12-18)13-19-17-9-8-14(2)15(3)11-17/h1,5-9,11-12,19H,10,13H2,2-3H3. The number of terminal acetylenes is 1. The molecule has 0 heterocycles. The maximum absolute atomic E-state index is 5.42. The first-order chi connectivity index (χ1) is 9.69. The fourth-order valence-corrected chi connectivity index (χ4v) is 1.93. The number of aryl methyl sites for hydroxylation is 2. The summed E-state index contributed by atoms with van der Waals surface area (Å²) in [5.41, 5.74) is 4.89. The van der Waals surface area contributed by atoms with E-state index in [1.165, 1.54) is 11.1 Å². The van der Waals surface area contributed by atoms with Crippen molar-refractivity contribution in [3.63, 3.8) is 0 Å². The predicted octanol–water partition coefficient (Wildman–Crippen LogP) is 3.93. The fraction of sp³-hybridized carbons (Fsp3) is 0.222.